The van der Waals surface area contributed by atoms with Gasteiger partial charge in [-0.3, -0.25) is 4.79 Å². The van der Waals surface area contributed by atoms with Gasteiger partial charge < -0.3 is 15.4 Å². The molecule has 2 amide bonds. The van der Waals surface area contributed by atoms with Crippen molar-refractivity contribution in [3.8, 4) is 0 Å². The molecule has 0 radical (unpaired) electrons. The number of nitrogens with one attached hydrogen (secondary N) is 2. The van der Waals surface area contributed by atoms with Gasteiger partial charge >= 0.3 is 6.09 Å². The van der Waals surface area contributed by atoms with Crippen molar-refractivity contribution in [3.05, 3.63) is 23.8 Å². The molecule has 2 atom stereocenters. The van der Waals surface area contributed by atoms with Crippen molar-refractivity contribution in [1.82, 2.24) is 30.2 Å². The first-order chi connectivity index (χ1) is 12.7. The van der Waals surface area contributed by atoms with Gasteiger partial charge in [-0.1, -0.05) is 12.8 Å². The van der Waals surface area contributed by atoms with Crippen LogP contribution in [0.2, 0.25) is 0 Å². The van der Waals surface area contributed by atoms with E-state index in [9.17, 15) is 9.59 Å². The quantitative estimate of drug-likeness (QED) is 0.850. The predicted octanol–water partition coefficient (Wildman–Crippen LogP) is 2.00. The molecule has 1 saturated carbocycles. The minimum Gasteiger partial charge on any atom is -0.444 e. The fourth-order valence-corrected chi connectivity index (χ4v) is 3.24. The Bertz CT molecular complexity index is 841. The Morgan fingerprint density at radius 3 is 2.52 bits per heavy atom. The van der Waals surface area contributed by atoms with E-state index in [4.69, 9.17) is 4.74 Å². The first-order valence-electron chi connectivity index (χ1n) is 9.22. The molecule has 3 rings (SSSR count). The minimum absolute atomic E-state index is 0.174. The molecule has 2 aromatic rings. The van der Waals surface area contributed by atoms with E-state index in [1.807, 2.05) is 20.8 Å². The molecule has 1 aliphatic rings. The molecule has 0 spiro atoms. The predicted molar refractivity (Wildman–Crippen MR) is 98.4 cm³/mol. The summed E-state index contributed by atoms with van der Waals surface area (Å²) in [6.07, 6.45) is 4.64. The third-order valence-corrected chi connectivity index (χ3v) is 4.36. The summed E-state index contributed by atoms with van der Waals surface area (Å²) in [5, 5.41) is 10.2. The van der Waals surface area contributed by atoms with Crippen LogP contribution in [0.5, 0.6) is 0 Å². The van der Waals surface area contributed by atoms with Crippen molar-refractivity contribution in [2.24, 2.45) is 0 Å². The molecule has 1 fully saturated rings. The van der Waals surface area contributed by atoms with Crippen LogP contribution < -0.4 is 10.6 Å². The molecule has 0 aromatic carbocycles. The number of aromatic nitrogens is 4. The van der Waals surface area contributed by atoms with Crippen LogP contribution >= 0.6 is 0 Å². The lowest BCUT2D eigenvalue weighted by Crippen LogP contribution is -2.54. The minimum atomic E-state index is -0.564. The SMILES string of the molecule is Cc1nc2nccc(C(=O)N[C@@H]3CCCC[C@H]3NC(=O)OC(C)(C)C)n2n1. The van der Waals surface area contributed by atoms with Crippen LogP contribution in [-0.4, -0.2) is 49.3 Å². The molecule has 146 valence electrons. The summed E-state index contributed by atoms with van der Waals surface area (Å²) in [6.45, 7) is 7.21. The zero-order chi connectivity index (χ0) is 19.6. The number of amides is 2. The van der Waals surface area contributed by atoms with Gasteiger partial charge in [-0.05, 0) is 46.6 Å². The second kappa shape index (κ2) is 7.50. The molecule has 2 N–H and O–H groups in total. The monoisotopic (exact) mass is 374 g/mol. The second-order valence-corrected chi connectivity index (χ2v) is 7.82. The van der Waals surface area contributed by atoms with Gasteiger partial charge in [0.15, 0.2) is 0 Å². The number of aryl methyl sites for hydroxylation is 1. The second-order valence-electron chi connectivity index (χ2n) is 7.82. The lowest BCUT2D eigenvalue weighted by molar-refractivity contribution is 0.0474. The third-order valence-electron chi connectivity index (χ3n) is 4.36. The average Bonchev–Trinajstić information content (AvgIpc) is 2.94. The van der Waals surface area contributed by atoms with Crippen molar-refractivity contribution in [3.63, 3.8) is 0 Å². The largest absolute Gasteiger partial charge is 0.444 e. The van der Waals surface area contributed by atoms with E-state index in [0.717, 1.165) is 25.7 Å². The molecule has 0 aliphatic heterocycles. The van der Waals surface area contributed by atoms with Crippen molar-refractivity contribution in [1.29, 1.82) is 0 Å². The highest BCUT2D eigenvalue weighted by Crippen LogP contribution is 2.20. The van der Waals surface area contributed by atoms with Crippen LogP contribution in [0.15, 0.2) is 12.3 Å². The van der Waals surface area contributed by atoms with Crippen molar-refractivity contribution in [2.45, 2.75) is 71.1 Å². The molecular formula is C18H26N6O3. The van der Waals surface area contributed by atoms with Crippen LogP contribution in [0, 0.1) is 6.92 Å². The van der Waals surface area contributed by atoms with Gasteiger partial charge in [0.1, 0.15) is 17.1 Å². The number of hydrogen-bond acceptors (Lipinski definition) is 6. The summed E-state index contributed by atoms with van der Waals surface area (Å²) >= 11 is 0. The van der Waals surface area contributed by atoms with Crippen LogP contribution in [0.1, 0.15) is 62.8 Å². The van der Waals surface area contributed by atoms with Gasteiger partial charge in [-0.2, -0.15) is 9.50 Å². The lowest BCUT2D eigenvalue weighted by Gasteiger charge is -2.33. The summed E-state index contributed by atoms with van der Waals surface area (Å²) in [4.78, 5) is 33.2. The van der Waals surface area contributed by atoms with E-state index in [2.05, 4.69) is 25.7 Å². The van der Waals surface area contributed by atoms with Crippen molar-refractivity contribution in [2.75, 3.05) is 0 Å². The number of nitrogens with zero attached hydrogens (tertiary/aromatic N) is 4. The Labute approximate surface area is 157 Å². The molecule has 2 aromatic heterocycles. The molecule has 0 unspecified atom stereocenters. The van der Waals surface area contributed by atoms with Gasteiger partial charge in [0.05, 0.1) is 6.04 Å². The Kier molecular flexibility index (Phi) is 5.29. The van der Waals surface area contributed by atoms with E-state index >= 15 is 0 Å². The Balaban J connectivity index is 1.71. The molecule has 9 heteroatoms. The summed E-state index contributed by atoms with van der Waals surface area (Å²) in [7, 11) is 0. The number of fused-ring (bicyclic) bond motifs is 1. The van der Waals surface area contributed by atoms with E-state index in [1.165, 1.54) is 10.7 Å². The van der Waals surface area contributed by atoms with E-state index in [1.54, 1.807) is 13.0 Å². The number of carbonyl (C=O) groups is 2. The topological polar surface area (TPSA) is 111 Å². The fourth-order valence-electron chi connectivity index (χ4n) is 3.24. The first kappa shape index (κ1) is 19.1. The zero-order valence-electron chi connectivity index (χ0n) is 16.2. The molecule has 2 heterocycles. The summed E-state index contributed by atoms with van der Waals surface area (Å²) in [6, 6.07) is 1.26. The number of rotatable bonds is 3. The van der Waals surface area contributed by atoms with Gasteiger partial charge in [0.2, 0.25) is 0 Å². The van der Waals surface area contributed by atoms with Gasteiger partial charge in [0.25, 0.3) is 11.7 Å². The van der Waals surface area contributed by atoms with Gasteiger partial charge in [-0.15, -0.1) is 5.10 Å². The van der Waals surface area contributed by atoms with Crippen LogP contribution in [0.3, 0.4) is 0 Å². The highest BCUT2D eigenvalue weighted by molar-refractivity contribution is 5.93. The number of alkyl carbamates (subject to hydrolysis) is 1. The fraction of sp³-hybridized carbons (Fsp3) is 0.611. The number of ether oxygens (including phenoxy) is 1. The Hall–Kier alpha value is -2.71. The Morgan fingerprint density at radius 1 is 1.19 bits per heavy atom. The number of hydrogen-bond donors (Lipinski definition) is 2. The zero-order valence-corrected chi connectivity index (χ0v) is 16.2. The molecule has 0 bridgehead atoms. The van der Waals surface area contributed by atoms with Crippen LogP contribution in [0.4, 0.5) is 4.79 Å². The molecule has 1 aliphatic carbocycles. The lowest BCUT2D eigenvalue weighted by atomic mass is 9.90. The maximum atomic E-state index is 12.8. The first-order valence-corrected chi connectivity index (χ1v) is 9.22. The maximum Gasteiger partial charge on any atom is 0.407 e. The molecule has 0 saturated heterocycles. The summed E-state index contributed by atoms with van der Waals surface area (Å²) in [5.74, 6) is 0.660. The van der Waals surface area contributed by atoms with Crippen LogP contribution in [-0.2, 0) is 4.74 Å². The van der Waals surface area contributed by atoms with E-state index in [0.29, 0.717) is 17.3 Å². The molecule has 27 heavy (non-hydrogen) atoms. The van der Waals surface area contributed by atoms with Crippen LogP contribution in [0.25, 0.3) is 5.78 Å². The van der Waals surface area contributed by atoms with Crippen molar-refractivity contribution < 1.29 is 14.3 Å². The highest BCUT2D eigenvalue weighted by Gasteiger charge is 2.30. The van der Waals surface area contributed by atoms with Gasteiger partial charge in [0, 0.05) is 12.2 Å². The van der Waals surface area contributed by atoms with E-state index < -0.39 is 11.7 Å². The summed E-state index contributed by atoms with van der Waals surface area (Å²) in [5.41, 5.74) is -0.201. The van der Waals surface area contributed by atoms with Crippen molar-refractivity contribution >= 4 is 17.8 Å². The number of carbonyl (C=O) groups excluding carboxylic acids is 2. The summed E-state index contributed by atoms with van der Waals surface area (Å²) < 4.78 is 6.78. The maximum absolute atomic E-state index is 12.8. The normalized spacial score (nSPS) is 20.3. The standard InChI is InChI=1S/C18H26N6O3/c1-11-20-16-19-10-9-14(24(16)23-11)15(25)21-12-7-5-6-8-13(12)22-17(26)27-18(2,3)4/h9-10,12-13H,5-8H2,1-4H3,(H,21,25)(H,22,26)/t12-,13-/m1/s1. The van der Waals surface area contributed by atoms with E-state index in [-0.39, 0.29) is 18.0 Å². The average molecular weight is 374 g/mol. The van der Waals surface area contributed by atoms with Gasteiger partial charge in [-0.25, -0.2) is 9.78 Å². The Morgan fingerprint density at radius 2 is 1.85 bits per heavy atom. The highest BCUT2D eigenvalue weighted by atomic mass is 16.6. The third kappa shape index (κ3) is 4.72. The molecular weight excluding hydrogens is 348 g/mol. The molecule has 9 nitrogen and oxygen atoms in total. The smallest absolute Gasteiger partial charge is 0.407 e.